The first-order valence-electron chi connectivity index (χ1n) is 8.34. The van der Waals surface area contributed by atoms with Crippen LogP contribution in [-0.4, -0.2) is 23.6 Å². The van der Waals surface area contributed by atoms with Crippen LogP contribution in [0.15, 0.2) is 60.7 Å². The first-order valence-corrected chi connectivity index (χ1v) is 8.34. The molecule has 23 heavy (non-hydrogen) atoms. The molecule has 0 N–H and O–H groups in total. The fourth-order valence-corrected chi connectivity index (χ4v) is 3.00. The smallest absolute Gasteiger partial charge is 0.410 e. The zero-order chi connectivity index (χ0) is 15.9. The number of carbonyl (C=O) groups is 1. The fourth-order valence-electron chi connectivity index (χ4n) is 3.00. The molecule has 0 spiro atoms. The van der Waals surface area contributed by atoms with Crippen molar-refractivity contribution < 1.29 is 9.53 Å². The predicted octanol–water partition coefficient (Wildman–Crippen LogP) is 4.42. The Kier molecular flexibility index (Phi) is 5.30. The molecule has 2 aromatic rings. The van der Waals surface area contributed by atoms with E-state index in [2.05, 4.69) is 24.3 Å². The third-order valence-electron chi connectivity index (χ3n) is 4.30. The number of nitrogens with zero attached hydrogens (tertiary/aromatic N) is 1. The summed E-state index contributed by atoms with van der Waals surface area (Å²) < 4.78 is 5.60. The van der Waals surface area contributed by atoms with Crippen LogP contribution in [0.5, 0.6) is 0 Å². The average molecular weight is 309 g/mol. The summed E-state index contributed by atoms with van der Waals surface area (Å²) in [5.41, 5.74) is 2.49. The van der Waals surface area contributed by atoms with E-state index in [9.17, 15) is 4.79 Å². The normalized spacial score (nSPS) is 17.8. The van der Waals surface area contributed by atoms with E-state index >= 15 is 0 Å². The van der Waals surface area contributed by atoms with E-state index in [0.717, 1.165) is 37.8 Å². The van der Waals surface area contributed by atoms with E-state index < -0.39 is 0 Å². The molecule has 0 saturated carbocycles. The molecule has 3 nitrogen and oxygen atoms in total. The number of benzene rings is 2. The Labute approximate surface area is 137 Å². The van der Waals surface area contributed by atoms with Crippen LogP contribution in [0.2, 0.25) is 0 Å². The Balaban J connectivity index is 1.42. The van der Waals surface area contributed by atoms with Crippen LogP contribution < -0.4 is 0 Å². The summed E-state index contributed by atoms with van der Waals surface area (Å²) in [5, 5.41) is 0. The Hall–Kier alpha value is -2.29. The van der Waals surface area contributed by atoms with Gasteiger partial charge in [0.2, 0.25) is 0 Å². The molecule has 1 heterocycles. The van der Waals surface area contributed by atoms with Gasteiger partial charge in [-0.1, -0.05) is 60.7 Å². The van der Waals surface area contributed by atoms with Crippen LogP contribution in [0.25, 0.3) is 0 Å². The van der Waals surface area contributed by atoms with Gasteiger partial charge in [0.25, 0.3) is 0 Å². The van der Waals surface area contributed by atoms with E-state index in [1.165, 1.54) is 5.56 Å². The van der Waals surface area contributed by atoms with Crippen molar-refractivity contribution in [3.63, 3.8) is 0 Å². The summed E-state index contributed by atoms with van der Waals surface area (Å²) in [6, 6.07) is 20.5. The molecule has 1 aliphatic rings. The molecule has 3 rings (SSSR count). The lowest BCUT2D eigenvalue weighted by atomic mass is 10.0. The predicted molar refractivity (Wildman–Crippen MR) is 91.1 cm³/mol. The maximum atomic E-state index is 12.1. The molecule has 1 fully saturated rings. The molecule has 1 unspecified atom stereocenters. The van der Waals surface area contributed by atoms with Gasteiger partial charge < -0.3 is 9.64 Å². The molecule has 1 saturated heterocycles. The minimum absolute atomic E-state index is 0.0678. The maximum absolute atomic E-state index is 12.1. The molecule has 0 aromatic heterocycles. The number of amides is 1. The van der Waals surface area contributed by atoms with Crippen molar-refractivity contribution in [2.24, 2.45) is 0 Å². The van der Waals surface area contributed by atoms with Crippen molar-refractivity contribution in [2.45, 2.75) is 38.3 Å². The van der Waals surface area contributed by atoms with Crippen molar-refractivity contribution in [1.82, 2.24) is 4.90 Å². The third kappa shape index (κ3) is 4.59. The van der Waals surface area contributed by atoms with Crippen LogP contribution in [0.1, 0.15) is 30.4 Å². The molecule has 1 amide bonds. The van der Waals surface area contributed by atoms with Gasteiger partial charge in [-0.15, -0.1) is 0 Å². The van der Waals surface area contributed by atoms with Crippen LogP contribution >= 0.6 is 0 Å². The molecular weight excluding hydrogens is 286 g/mol. The van der Waals surface area contributed by atoms with Crippen molar-refractivity contribution in [3.05, 3.63) is 71.8 Å². The van der Waals surface area contributed by atoms with Crippen molar-refractivity contribution in [1.29, 1.82) is 0 Å². The summed E-state index contributed by atoms with van der Waals surface area (Å²) in [7, 11) is 0. The van der Waals surface area contributed by atoms with Gasteiger partial charge in [0.1, 0.15) is 6.10 Å². The Morgan fingerprint density at radius 2 is 1.61 bits per heavy atom. The molecule has 1 atom stereocenters. The lowest BCUT2D eigenvalue weighted by Crippen LogP contribution is -2.41. The number of carbonyl (C=O) groups excluding carboxylic acids is 1. The van der Waals surface area contributed by atoms with Crippen molar-refractivity contribution in [3.8, 4) is 0 Å². The number of cyclic esters (lactones) is 1. The average Bonchev–Trinajstić information content (AvgIpc) is 2.59. The number of hydrogen-bond acceptors (Lipinski definition) is 2. The lowest BCUT2D eigenvalue weighted by molar-refractivity contribution is 0.0183. The van der Waals surface area contributed by atoms with E-state index in [0.29, 0.717) is 6.54 Å². The van der Waals surface area contributed by atoms with Gasteiger partial charge >= 0.3 is 6.09 Å². The molecule has 0 bridgehead atoms. The van der Waals surface area contributed by atoms with Gasteiger partial charge in [-0.25, -0.2) is 4.79 Å². The number of rotatable bonds is 6. The summed E-state index contributed by atoms with van der Waals surface area (Å²) in [5.74, 6) is 0. The maximum Gasteiger partial charge on any atom is 0.410 e. The minimum atomic E-state index is -0.176. The first kappa shape index (κ1) is 15.6. The van der Waals surface area contributed by atoms with Crippen molar-refractivity contribution in [2.75, 3.05) is 6.54 Å². The van der Waals surface area contributed by atoms with Gasteiger partial charge in [0, 0.05) is 19.5 Å². The Morgan fingerprint density at radius 3 is 2.26 bits per heavy atom. The second kappa shape index (κ2) is 7.82. The zero-order valence-electron chi connectivity index (χ0n) is 13.4. The summed E-state index contributed by atoms with van der Waals surface area (Å²) in [6.07, 6.45) is 3.86. The fraction of sp³-hybridized carbons (Fsp3) is 0.350. The molecule has 3 heteroatoms. The standard InChI is InChI=1S/C20H23NO2/c22-20-21(16-18-10-5-2-6-11-18)15-14-19(23-20)13-7-12-17-8-3-1-4-9-17/h1-6,8-11,19H,7,12-16H2. The molecular formula is C20H23NO2. The minimum Gasteiger partial charge on any atom is -0.446 e. The summed E-state index contributed by atoms with van der Waals surface area (Å²) in [4.78, 5) is 13.9. The van der Waals surface area contributed by atoms with E-state index in [4.69, 9.17) is 4.74 Å². The topological polar surface area (TPSA) is 29.5 Å². The number of ether oxygens (including phenoxy) is 1. The van der Waals surface area contributed by atoms with Crippen molar-refractivity contribution >= 4 is 6.09 Å². The monoisotopic (exact) mass is 309 g/mol. The lowest BCUT2D eigenvalue weighted by Gasteiger charge is -2.32. The highest BCUT2D eigenvalue weighted by molar-refractivity contribution is 5.68. The van der Waals surface area contributed by atoms with Gasteiger partial charge in [-0.2, -0.15) is 0 Å². The highest BCUT2D eigenvalue weighted by Crippen LogP contribution is 2.19. The molecule has 2 aromatic carbocycles. The molecule has 0 radical (unpaired) electrons. The zero-order valence-corrected chi connectivity index (χ0v) is 13.4. The van der Waals surface area contributed by atoms with Crippen LogP contribution in [-0.2, 0) is 17.7 Å². The van der Waals surface area contributed by atoms with E-state index in [1.54, 1.807) is 4.90 Å². The third-order valence-corrected chi connectivity index (χ3v) is 4.30. The molecule has 0 aliphatic carbocycles. The number of aryl methyl sites for hydroxylation is 1. The Bertz CT molecular complexity index is 612. The van der Waals surface area contributed by atoms with E-state index in [-0.39, 0.29) is 12.2 Å². The second-order valence-corrected chi connectivity index (χ2v) is 6.08. The van der Waals surface area contributed by atoms with Crippen LogP contribution in [0.4, 0.5) is 4.79 Å². The summed E-state index contributed by atoms with van der Waals surface area (Å²) >= 11 is 0. The van der Waals surface area contributed by atoms with Gasteiger partial charge in [-0.3, -0.25) is 0 Å². The summed E-state index contributed by atoms with van der Waals surface area (Å²) in [6.45, 7) is 1.42. The van der Waals surface area contributed by atoms with Gasteiger partial charge in [0.15, 0.2) is 0 Å². The first-order chi connectivity index (χ1) is 11.3. The largest absolute Gasteiger partial charge is 0.446 e. The van der Waals surface area contributed by atoms with Crippen LogP contribution in [0, 0.1) is 0 Å². The van der Waals surface area contributed by atoms with Gasteiger partial charge in [-0.05, 0) is 30.4 Å². The highest BCUT2D eigenvalue weighted by atomic mass is 16.6. The quantitative estimate of drug-likeness (QED) is 0.790. The SMILES string of the molecule is O=C1OC(CCCc2ccccc2)CCN1Cc1ccccc1. The Morgan fingerprint density at radius 1 is 0.957 bits per heavy atom. The molecule has 120 valence electrons. The molecule has 1 aliphatic heterocycles. The number of hydrogen-bond donors (Lipinski definition) is 0. The highest BCUT2D eigenvalue weighted by Gasteiger charge is 2.26. The van der Waals surface area contributed by atoms with Crippen LogP contribution in [0.3, 0.4) is 0 Å². The van der Waals surface area contributed by atoms with E-state index in [1.807, 2.05) is 36.4 Å². The second-order valence-electron chi connectivity index (χ2n) is 6.08. The van der Waals surface area contributed by atoms with Gasteiger partial charge in [0.05, 0.1) is 0 Å².